The number of halogens is 1. The number of urea groups is 1. The van der Waals surface area contributed by atoms with E-state index in [2.05, 4.69) is 5.32 Å². The van der Waals surface area contributed by atoms with Gasteiger partial charge in [-0.3, -0.25) is 9.59 Å². The third-order valence-corrected chi connectivity index (χ3v) is 6.44. The first kappa shape index (κ1) is 22.0. The average Bonchev–Trinajstić information content (AvgIpc) is 3.27. The number of imide groups is 1. The second-order valence-electron chi connectivity index (χ2n) is 7.06. The first-order valence-electron chi connectivity index (χ1n) is 9.67. The quantitative estimate of drug-likeness (QED) is 0.687. The normalized spacial score (nSPS) is 19.7. The van der Waals surface area contributed by atoms with Crippen molar-refractivity contribution in [1.29, 1.82) is 0 Å². The van der Waals surface area contributed by atoms with E-state index < -0.39 is 23.2 Å². The number of ether oxygens (including phenoxy) is 2. The molecule has 0 radical (unpaired) electrons. The Morgan fingerprint density at radius 2 is 1.91 bits per heavy atom. The van der Waals surface area contributed by atoms with Crippen LogP contribution in [0.15, 0.2) is 53.9 Å². The zero-order chi connectivity index (χ0) is 22.8. The molecule has 4 rings (SSSR count). The van der Waals surface area contributed by atoms with Crippen molar-refractivity contribution in [2.24, 2.45) is 0 Å². The molecule has 0 aliphatic carbocycles. The third-order valence-electron chi connectivity index (χ3n) is 5.12. The Labute approximate surface area is 194 Å². The van der Waals surface area contributed by atoms with E-state index in [1.54, 1.807) is 53.9 Å². The standard InChI is InChI=1S/C22H20ClN3O5S/c1-30-17-7-6-14(11-18(17)31-2)24-19(27)12-25-16-8-9-32-20(16)21(28)26(22(25)29)15-5-3-4-13(23)10-15/h3-11,16,20H,12H2,1-2H3,(H,24,27). The highest BCUT2D eigenvalue weighted by Gasteiger charge is 2.48. The molecule has 0 aromatic heterocycles. The van der Waals surface area contributed by atoms with Gasteiger partial charge in [-0.15, -0.1) is 11.8 Å². The second-order valence-corrected chi connectivity index (χ2v) is 8.55. The molecule has 1 N–H and O–H groups in total. The van der Waals surface area contributed by atoms with Crippen LogP contribution in [-0.2, 0) is 9.59 Å². The molecule has 1 saturated heterocycles. The number of amides is 4. The minimum Gasteiger partial charge on any atom is -0.493 e. The molecule has 2 aliphatic rings. The lowest BCUT2D eigenvalue weighted by Crippen LogP contribution is -2.63. The number of fused-ring (bicyclic) bond motifs is 1. The number of anilines is 2. The lowest BCUT2D eigenvalue weighted by Gasteiger charge is -2.40. The van der Waals surface area contributed by atoms with E-state index in [1.807, 2.05) is 0 Å². The molecule has 2 heterocycles. The number of carbonyl (C=O) groups is 3. The van der Waals surface area contributed by atoms with E-state index in [0.29, 0.717) is 27.9 Å². The fraction of sp³-hybridized carbons (Fsp3) is 0.227. The van der Waals surface area contributed by atoms with Gasteiger partial charge in [-0.05, 0) is 35.7 Å². The summed E-state index contributed by atoms with van der Waals surface area (Å²) < 4.78 is 10.5. The van der Waals surface area contributed by atoms with Gasteiger partial charge in [0.15, 0.2) is 11.5 Å². The summed E-state index contributed by atoms with van der Waals surface area (Å²) in [6.45, 7) is -0.233. The maximum Gasteiger partial charge on any atom is 0.332 e. The summed E-state index contributed by atoms with van der Waals surface area (Å²) >= 11 is 7.39. The van der Waals surface area contributed by atoms with Gasteiger partial charge in [-0.1, -0.05) is 23.7 Å². The van der Waals surface area contributed by atoms with Crippen LogP contribution in [0.25, 0.3) is 0 Å². The first-order chi connectivity index (χ1) is 15.4. The SMILES string of the molecule is COc1ccc(NC(=O)CN2C(=O)N(c3cccc(Cl)c3)C(=O)C3SC=CC32)cc1OC. The van der Waals surface area contributed by atoms with Crippen LogP contribution in [0.4, 0.5) is 16.2 Å². The molecule has 10 heteroatoms. The van der Waals surface area contributed by atoms with Crippen molar-refractivity contribution in [2.75, 3.05) is 31.0 Å². The molecule has 8 nitrogen and oxygen atoms in total. The Kier molecular flexibility index (Phi) is 6.29. The van der Waals surface area contributed by atoms with Crippen molar-refractivity contribution in [3.63, 3.8) is 0 Å². The molecule has 0 saturated carbocycles. The molecule has 2 aliphatic heterocycles. The summed E-state index contributed by atoms with van der Waals surface area (Å²) in [6, 6.07) is 10.4. The highest BCUT2D eigenvalue weighted by Crippen LogP contribution is 2.37. The number of thioether (sulfide) groups is 1. The van der Waals surface area contributed by atoms with Crippen LogP contribution in [0.5, 0.6) is 11.5 Å². The maximum absolute atomic E-state index is 13.3. The van der Waals surface area contributed by atoms with E-state index in [9.17, 15) is 14.4 Å². The van der Waals surface area contributed by atoms with Crippen LogP contribution in [0.1, 0.15) is 0 Å². The molecule has 2 aromatic carbocycles. The van der Waals surface area contributed by atoms with Crippen molar-refractivity contribution in [2.45, 2.75) is 11.3 Å². The number of rotatable bonds is 6. The van der Waals surface area contributed by atoms with Gasteiger partial charge in [0, 0.05) is 16.8 Å². The van der Waals surface area contributed by atoms with Gasteiger partial charge in [0.2, 0.25) is 5.91 Å². The van der Waals surface area contributed by atoms with E-state index >= 15 is 0 Å². The monoisotopic (exact) mass is 473 g/mol. The minimum absolute atomic E-state index is 0.233. The van der Waals surface area contributed by atoms with E-state index in [4.69, 9.17) is 21.1 Å². The fourth-order valence-corrected chi connectivity index (χ4v) is 4.86. The van der Waals surface area contributed by atoms with Gasteiger partial charge in [0.25, 0.3) is 5.91 Å². The van der Waals surface area contributed by atoms with Gasteiger partial charge in [-0.2, -0.15) is 0 Å². The number of hydrogen-bond acceptors (Lipinski definition) is 6. The van der Waals surface area contributed by atoms with Crippen LogP contribution in [0.2, 0.25) is 5.02 Å². The molecule has 2 aromatic rings. The third kappa shape index (κ3) is 4.13. The number of carbonyl (C=O) groups excluding carboxylic acids is 3. The van der Waals surface area contributed by atoms with Gasteiger partial charge < -0.3 is 19.7 Å². The van der Waals surface area contributed by atoms with Gasteiger partial charge in [0.05, 0.1) is 25.9 Å². The lowest BCUT2D eigenvalue weighted by molar-refractivity contribution is -0.121. The second kappa shape index (κ2) is 9.13. The van der Waals surface area contributed by atoms with Crippen LogP contribution < -0.4 is 19.7 Å². The van der Waals surface area contributed by atoms with Crippen molar-refractivity contribution < 1.29 is 23.9 Å². The number of benzene rings is 2. The fourth-order valence-electron chi connectivity index (χ4n) is 3.64. The summed E-state index contributed by atoms with van der Waals surface area (Å²) in [6.07, 6.45) is 1.77. The highest BCUT2D eigenvalue weighted by atomic mass is 35.5. The molecule has 1 fully saturated rings. The molecule has 2 atom stereocenters. The summed E-state index contributed by atoms with van der Waals surface area (Å²) in [5, 5.41) is 4.42. The number of hydrogen-bond donors (Lipinski definition) is 1. The Balaban J connectivity index is 1.56. The van der Waals surface area contributed by atoms with Gasteiger partial charge in [0.1, 0.15) is 11.8 Å². The summed E-state index contributed by atoms with van der Waals surface area (Å²) in [5.74, 6) is 0.249. The summed E-state index contributed by atoms with van der Waals surface area (Å²) in [7, 11) is 3.02. The Morgan fingerprint density at radius 3 is 2.62 bits per heavy atom. The van der Waals surface area contributed by atoms with E-state index in [1.165, 1.54) is 30.9 Å². The van der Waals surface area contributed by atoms with Crippen molar-refractivity contribution in [1.82, 2.24) is 4.90 Å². The molecular formula is C22H20ClN3O5S. The molecule has 0 spiro atoms. The Bertz CT molecular complexity index is 1110. The molecule has 0 bridgehead atoms. The molecule has 32 heavy (non-hydrogen) atoms. The molecule has 166 valence electrons. The van der Waals surface area contributed by atoms with Gasteiger partial charge in [-0.25, -0.2) is 9.69 Å². The minimum atomic E-state index is -0.576. The predicted octanol–water partition coefficient (Wildman–Crippen LogP) is 3.76. The van der Waals surface area contributed by atoms with E-state index in [0.717, 1.165) is 4.90 Å². The number of nitrogens with one attached hydrogen (secondary N) is 1. The average molecular weight is 474 g/mol. The smallest absolute Gasteiger partial charge is 0.332 e. The Morgan fingerprint density at radius 1 is 1.12 bits per heavy atom. The first-order valence-corrected chi connectivity index (χ1v) is 11.0. The zero-order valence-corrected chi connectivity index (χ0v) is 18.9. The lowest BCUT2D eigenvalue weighted by atomic mass is 10.1. The van der Waals surface area contributed by atoms with Gasteiger partial charge >= 0.3 is 6.03 Å². The van der Waals surface area contributed by atoms with E-state index in [-0.39, 0.29) is 12.5 Å². The van der Waals surface area contributed by atoms with Crippen molar-refractivity contribution in [3.05, 3.63) is 59.0 Å². The van der Waals surface area contributed by atoms with Crippen LogP contribution in [0, 0.1) is 0 Å². The summed E-state index contributed by atoms with van der Waals surface area (Å²) in [4.78, 5) is 41.6. The molecular weight excluding hydrogens is 454 g/mol. The topological polar surface area (TPSA) is 88.2 Å². The van der Waals surface area contributed by atoms with Crippen LogP contribution >= 0.6 is 23.4 Å². The molecule has 2 unspecified atom stereocenters. The number of nitrogens with zero attached hydrogens (tertiary/aromatic N) is 2. The predicted molar refractivity (Wildman–Crippen MR) is 124 cm³/mol. The van der Waals surface area contributed by atoms with Crippen LogP contribution in [-0.4, -0.2) is 54.8 Å². The Hall–Kier alpha value is -3.17. The molecule has 4 amide bonds. The zero-order valence-electron chi connectivity index (χ0n) is 17.3. The van der Waals surface area contributed by atoms with Crippen LogP contribution in [0.3, 0.4) is 0 Å². The maximum atomic E-state index is 13.3. The highest BCUT2D eigenvalue weighted by molar-refractivity contribution is 8.03. The van der Waals surface area contributed by atoms with Crippen molar-refractivity contribution in [3.8, 4) is 11.5 Å². The largest absolute Gasteiger partial charge is 0.493 e. The number of methoxy groups -OCH3 is 2. The van der Waals surface area contributed by atoms with Crippen molar-refractivity contribution >= 4 is 52.6 Å². The summed E-state index contributed by atoms with van der Waals surface area (Å²) in [5.41, 5.74) is 0.858.